The Hall–Kier alpha value is -2.70. The van der Waals surface area contributed by atoms with E-state index in [2.05, 4.69) is 20.8 Å². The minimum absolute atomic E-state index is 0.156. The van der Waals surface area contributed by atoms with Crippen LogP contribution in [0.1, 0.15) is 17.4 Å². The van der Waals surface area contributed by atoms with Crippen LogP contribution in [0.25, 0.3) is 10.8 Å². The number of aromatic nitrogens is 2. The van der Waals surface area contributed by atoms with Crippen molar-refractivity contribution in [3.05, 3.63) is 40.3 Å². The molecule has 1 heterocycles. The van der Waals surface area contributed by atoms with E-state index in [0.29, 0.717) is 17.3 Å². The molecule has 20 heavy (non-hydrogen) atoms. The SMILES string of the molecule is CC(=O)NCCNC(=O)c1n[nH]c(=O)c2ccccc12. The molecule has 3 N–H and O–H groups in total. The Balaban J connectivity index is 2.16. The summed E-state index contributed by atoms with van der Waals surface area (Å²) in [7, 11) is 0. The Kier molecular flexibility index (Phi) is 4.09. The molecule has 0 saturated heterocycles. The zero-order chi connectivity index (χ0) is 14.5. The molecular formula is C13H14N4O3. The number of rotatable bonds is 4. The van der Waals surface area contributed by atoms with Gasteiger partial charge in [-0.2, -0.15) is 5.10 Å². The predicted octanol–water partition coefficient (Wildman–Crippen LogP) is -0.211. The Morgan fingerprint density at radius 3 is 2.50 bits per heavy atom. The summed E-state index contributed by atoms with van der Waals surface area (Å²) in [6, 6.07) is 6.75. The molecule has 0 fully saturated rings. The van der Waals surface area contributed by atoms with Crippen LogP contribution in [0.5, 0.6) is 0 Å². The van der Waals surface area contributed by atoms with Crippen LogP contribution in [0.2, 0.25) is 0 Å². The fourth-order valence-corrected chi connectivity index (χ4v) is 1.79. The fraction of sp³-hybridized carbons (Fsp3) is 0.231. The van der Waals surface area contributed by atoms with E-state index < -0.39 is 5.91 Å². The van der Waals surface area contributed by atoms with E-state index in [4.69, 9.17) is 0 Å². The number of amides is 2. The number of carbonyl (C=O) groups excluding carboxylic acids is 2. The van der Waals surface area contributed by atoms with Gasteiger partial charge in [0.25, 0.3) is 11.5 Å². The van der Waals surface area contributed by atoms with Gasteiger partial charge in [0.15, 0.2) is 5.69 Å². The van der Waals surface area contributed by atoms with Crippen LogP contribution in [-0.4, -0.2) is 35.1 Å². The average molecular weight is 274 g/mol. The minimum Gasteiger partial charge on any atom is -0.355 e. The van der Waals surface area contributed by atoms with Crippen LogP contribution >= 0.6 is 0 Å². The molecule has 0 saturated carbocycles. The third-order valence-electron chi connectivity index (χ3n) is 2.70. The number of carbonyl (C=O) groups is 2. The summed E-state index contributed by atoms with van der Waals surface area (Å²) in [5.74, 6) is -0.560. The average Bonchev–Trinajstić information content (AvgIpc) is 2.44. The highest BCUT2D eigenvalue weighted by atomic mass is 16.2. The lowest BCUT2D eigenvalue weighted by Gasteiger charge is -2.06. The highest BCUT2D eigenvalue weighted by molar-refractivity contribution is 6.04. The quantitative estimate of drug-likeness (QED) is 0.671. The molecule has 7 heteroatoms. The smallest absolute Gasteiger partial charge is 0.272 e. The maximum Gasteiger partial charge on any atom is 0.272 e. The number of H-pyrrole nitrogens is 1. The van der Waals surface area contributed by atoms with Crippen molar-refractivity contribution in [1.29, 1.82) is 0 Å². The first-order valence-electron chi connectivity index (χ1n) is 6.09. The molecule has 0 bridgehead atoms. The van der Waals surface area contributed by atoms with Crippen LogP contribution in [0, 0.1) is 0 Å². The molecule has 1 aromatic carbocycles. The van der Waals surface area contributed by atoms with Gasteiger partial charge in [0.2, 0.25) is 5.91 Å². The number of fused-ring (bicyclic) bond motifs is 1. The summed E-state index contributed by atoms with van der Waals surface area (Å²) in [4.78, 5) is 34.3. The van der Waals surface area contributed by atoms with Gasteiger partial charge in [-0.3, -0.25) is 14.4 Å². The summed E-state index contributed by atoms with van der Waals surface area (Å²) in [6.45, 7) is 2.02. The molecule has 0 aliphatic heterocycles. The second-order valence-electron chi connectivity index (χ2n) is 4.19. The van der Waals surface area contributed by atoms with Crippen molar-refractivity contribution in [3.63, 3.8) is 0 Å². The number of aromatic amines is 1. The topological polar surface area (TPSA) is 104 Å². The van der Waals surface area contributed by atoms with Gasteiger partial charge < -0.3 is 10.6 Å². The normalized spacial score (nSPS) is 10.2. The molecule has 2 rings (SSSR count). The Bertz CT molecular complexity index is 708. The monoisotopic (exact) mass is 274 g/mol. The number of hydrogen-bond acceptors (Lipinski definition) is 4. The first-order chi connectivity index (χ1) is 9.59. The standard InChI is InChI=1S/C13H14N4O3/c1-8(18)14-6-7-15-13(20)11-9-4-2-3-5-10(9)12(19)17-16-11/h2-5H,6-7H2,1H3,(H,14,18)(H,15,20)(H,17,19). The predicted molar refractivity (Wildman–Crippen MR) is 73.4 cm³/mol. The third kappa shape index (κ3) is 3.00. The van der Waals surface area contributed by atoms with Gasteiger partial charge in [0.05, 0.1) is 5.39 Å². The summed E-state index contributed by atoms with van der Waals surface area (Å²) in [6.07, 6.45) is 0. The van der Waals surface area contributed by atoms with Gasteiger partial charge in [0.1, 0.15) is 0 Å². The van der Waals surface area contributed by atoms with Gasteiger partial charge in [-0.15, -0.1) is 0 Å². The summed E-state index contributed by atoms with van der Waals surface area (Å²) >= 11 is 0. The first-order valence-corrected chi connectivity index (χ1v) is 6.09. The number of nitrogens with zero attached hydrogens (tertiary/aromatic N) is 1. The highest BCUT2D eigenvalue weighted by Gasteiger charge is 2.13. The summed E-state index contributed by atoms with van der Waals surface area (Å²) in [5, 5.41) is 12.2. The van der Waals surface area contributed by atoms with Gasteiger partial charge in [0, 0.05) is 25.4 Å². The molecule has 2 amide bonds. The number of benzene rings is 1. The molecule has 0 spiro atoms. The minimum atomic E-state index is -0.400. The molecule has 7 nitrogen and oxygen atoms in total. The van der Waals surface area contributed by atoms with E-state index in [9.17, 15) is 14.4 Å². The molecular weight excluding hydrogens is 260 g/mol. The van der Waals surface area contributed by atoms with Crippen LogP contribution in [0.4, 0.5) is 0 Å². The van der Waals surface area contributed by atoms with Crippen molar-refractivity contribution >= 4 is 22.6 Å². The van der Waals surface area contributed by atoms with Crippen LogP contribution < -0.4 is 16.2 Å². The lowest BCUT2D eigenvalue weighted by molar-refractivity contribution is -0.118. The molecule has 0 atom stereocenters. The van der Waals surface area contributed by atoms with Gasteiger partial charge >= 0.3 is 0 Å². The van der Waals surface area contributed by atoms with Crippen molar-refractivity contribution in [2.24, 2.45) is 0 Å². The number of hydrogen-bond donors (Lipinski definition) is 3. The maximum absolute atomic E-state index is 12.0. The van der Waals surface area contributed by atoms with Crippen LogP contribution in [0.3, 0.4) is 0 Å². The lowest BCUT2D eigenvalue weighted by Crippen LogP contribution is -2.34. The van der Waals surface area contributed by atoms with Crippen LogP contribution in [-0.2, 0) is 4.79 Å². The van der Waals surface area contributed by atoms with Crippen molar-refractivity contribution in [2.75, 3.05) is 13.1 Å². The molecule has 0 aliphatic rings. The molecule has 1 aromatic heterocycles. The lowest BCUT2D eigenvalue weighted by atomic mass is 10.1. The van der Waals surface area contributed by atoms with Crippen molar-refractivity contribution < 1.29 is 9.59 Å². The molecule has 104 valence electrons. The van der Waals surface area contributed by atoms with Gasteiger partial charge in [-0.25, -0.2) is 5.10 Å². The van der Waals surface area contributed by atoms with Crippen molar-refractivity contribution in [1.82, 2.24) is 20.8 Å². The van der Waals surface area contributed by atoms with E-state index >= 15 is 0 Å². The molecule has 2 aromatic rings. The molecule has 0 unspecified atom stereocenters. The zero-order valence-electron chi connectivity index (χ0n) is 10.9. The summed E-state index contributed by atoms with van der Waals surface area (Å²) in [5.41, 5.74) is -0.182. The largest absolute Gasteiger partial charge is 0.355 e. The molecule has 0 radical (unpaired) electrons. The summed E-state index contributed by atoms with van der Waals surface area (Å²) < 4.78 is 0. The van der Waals surface area contributed by atoms with E-state index in [-0.39, 0.29) is 23.7 Å². The Morgan fingerprint density at radius 2 is 1.80 bits per heavy atom. The highest BCUT2D eigenvalue weighted by Crippen LogP contribution is 2.11. The fourth-order valence-electron chi connectivity index (χ4n) is 1.79. The molecule has 0 aliphatic carbocycles. The van der Waals surface area contributed by atoms with E-state index in [1.807, 2.05) is 0 Å². The second-order valence-corrected chi connectivity index (χ2v) is 4.19. The third-order valence-corrected chi connectivity index (χ3v) is 2.70. The zero-order valence-corrected chi connectivity index (χ0v) is 10.9. The first kappa shape index (κ1) is 13.7. The van der Waals surface area contributed by atoms with Crippen LogP contribution in [0.15, 0.2) is 29.1 Å². The van der Waals surface area contributed by atoms with Crippen molar-refractivity contribution in [3.8, 4) is 0 Å². The maximum atomic E-state index is 12.0. The van der Waals surface area contributed by atoms with E-state index in [0.717, 1.165) is 0 Å². The second kappa shape index (κ2) is 5.96. The Morgan fingerprint density at radius 1 is 1.15 bits per heavy atom. The van der Waals surface area contributed by atoms with Gasteiger partial charge in [-0.05, 0) is 6.07 Å². The van der Waals surface area contributed by atoms with Crippen molar-refractivity contribution in [2.45, 2.75) is 6.92 Å². The van der Waals surface area contributed by atoms with E-state index in [1.54, 1.807) is 24.3 Å². The Labute approximate surface area is 114 Å². The van der Waals surface area contributed by atoms with Gasteiger partial charge in [-0.1, -0.05) is 18.2 Å². The van der Waals surface area contributed by atoms with E-state index in [1.165, 1.54) is 6.92 Å². The number of nitrogens with one attached hydrogen (secondary N) is 3.